The highest BCUT2D eigenvalue weighted by Crippen LogP contribution is 2.29. The van der Waals surface area contributed by atoms with Crippen molar-refractivity contribution in [1.29, 1.82) is 0 Å². The number of carbonyl (C=O) groups excluding carboxylic acids is 1. The second-order valence-electron chi connectivity index (χ2n) is 4.99. The Morgan fingerprint density at radius 3 is 2.52 bits per heavy atom. The molecule has 4 nitrogen and oxygen atoms in total. The highest BCUT2D eigenvalue weighted by Gasteiger charge is 2.16. The van der Waals surface area contributed by atoms with Crippen LogP contribution < -0.4 is 14.8 Å². The molecular formula is C18H21NO3S. The van der Waals surface area contributed by atoms with Gasteiger partial charge in [-0.3, -0.25) is 4.79 Å². The molecule has 0 aliphatic carbocycles. The topological polar surface area (TPSA) is 47.6 Å². The first-order valence-corrected chi connectivity index (χ1v) is 8.37. The van der Waals surface area contributed by atoms with Crippen LogP contribution >= 0.6 is 11.8 Å². The minimum Gasteiger partial charge on any atom is -0.497 e. The minimum absolute atomic E-state index is 0.0579. The molecule has 23 heavy (non-hydrogen) atoms. The number of benzene rings is 2. The van der Waals surface area contributed by atoms with Crippen LogP contribution in [0.2, 0.25) is 0 Å². The molecule has 0 unspecified atom stereocenters. The number of hydrogen-bond donors (Lipinski definition) is 1. The van der Waals surface area contributed by atoms with E-state index in [-0.39, 0.29) is 11.2 Å². The molecule has 122 valence electrons. The number of amides is 1. The minimum atomic E-state index is -0.175. The van der Waals surface area contributed by atoms with Crippen molar-refractivity contribution in [2.75, 3.05) is 19.5 Å². The molecule has 1 atom stereocenters. The van der Waals surface area contributed by atoms with Gasteiger partial charge >= 0.3 is 0 Å². The second-order valence-corrected chi connectivity index (χ2v) is 6.32. The summed E-state index contributed by atoms with van der Waals surface area (Å²) in [6.07, 6.45) is 0. The normalized spacial score (nSPS) is 11.6. The Labute approximate surface area is 141 Å². The zero-order valence-corrected chi connectivity index (χ0v) is 14.4. The number of anilines is 1. The van der Waals surface area contributed by atoms with E-state index < -0.39 is 0 Å². The van der Waals surface area contributed by atoms with E-state index in [0.717, 1.165) is 5.75 Å². The third-order valence-electron chi connectivity index (χ3n) is 3.38. The Morgan fingerprint density at radius 2 is 1.87 bits per heavy atom. The summed E-state index contributed by atoms with van der Waals surface area (Å²) in [7, 11) is 3.16. The summed E-state index contributed by atoms with van der Waals surface area (Å²) in [4.78, 5) is 12.4. The molecule has 0 bridgehead atoms. The van der Waals surface area contributed by atoms with Gasteiger partial charge in [-0.15, -0.1) is 11.8 Å². The SMILES string of the molecule is COc1ccc(OC)c(NC(=O)[C@@H](C)SCc2ccccc2)c1. The number of ether oxygens (including phenoxy) is 2. The van der Waals surface area contributed by atoms with Crippen LogP contribution in [0, 0.1) is 0 Å². The first-order valence-electron chi connectivity index (χ1n) is 7.32. The van der Waals surface area contributed by atoms with Gasteiger partial charge in [-0.25, -0.2) is 0 Å². The van der Waals surface area contributed by atoms with Gasteiger partial charge in [0.1, 0.15) is 11.5 Å². The van der Waals surface area contributed by atoms with Crippen LogP contribution in [0.25, 0.3) is 0 Å². The highest BCUT2D eigenvalue weighted by atomic mass is 32.2. The maximum atomic E-state index is 12.4. The van der Waals surface area contributed by atoms with E-state index in [9.17, 15) is 4.79 Å². The summed E-state index contributed by atoms with van der Waals surface area (Å²) in [5, 5.41) is 2.73. The standard InChI is InChI=1S/C18H21NO3S/c1-13(23-12-14-7-5-4-6-8-14)18(20)19-16-11-15(21-2)9-10-17(16)22-3/h4-11,13H,12H2,1-3H3,(H,19,20)/t13-/m1/s1. The Kier molecular flexibility index (Phi) is 6.35. The maximum Gasteiger partial charge on any atom is 0.237 e. The molecule has 0 heterocycles. The molecule has 5 heteroatoms. The van der Waals surface area contributed by atoms with Crippen LogP contribution in [-0.4, -0.2) is 25.4 Å². The molecule has 0 saturated heterocycles. The maximum absolute atomic E-state index is 12.4. The molecule has 0 spiro atoms. The van der Waals surface area contributed by atoms with Crippen molar-refractivity contribution >= 4 is 23.4 Å². The molecule has 1 amide bonds. The van der Waals surface area contributed by atoms with E-state index >= 15 is 0 Å². The third kappa shape index (κ3) is 4.93. The summed E-state index contributed by atoms with van der Waals surface area (Å²) in [6, 6.07) is 15.4. The van der Waals surface area contributed by atoms with Gasteiger partial charge in [0.05, 0.1) is 25.2 Å². The molecule has 0 aliphatic heterocycles. The number of nitrogens with one attached hydrogen (secondary N) is 1. The van der Waals surface area contributed by atoms with Gasteiger partial charge in [-0.1, -0.05) is 30.3 Å². The van der Waals surface area contributed by atoms with Gasteiger partial charge in [0.15, 0.2) is 0 Å². The van der Waals surface area contributed by atoms with Crippen molar-refractivity contribution in [2.45, 2.75) is 17.9 Å². The van der Waals surface area contributed by atoms with Crippen molar-refractivity contribution in [3.05, 3.63) is 54.1 Å². The molecule has 0 fully saturated rings. The lowest BCUT2D eigenvalue weighted by Gasteiger charge is -2.15. The number of carbonyl (C=O) groups is 1. The van der Waals surface area contributed by atoms with Crippen molar-refractivity contribution in [2.24, 2.45) is 0 Å². The lowest BCUT2D eigenvalue weighted by atomic mass is 10.2. The van der Waals surface area contributed by atoms with Crippen LogP contribution in [0.1, 0.15) is 12.5 Å². The van der Waals surface area contributed by atoms with Crippen molar-refractivity contribution in [3.63, 3.8) is 0 Å². The first kappa shape index (κ1) is 17.2. The molecule has 1 N–H and O–H groups in total. The number of methoxy groups -OCH3 is 2. The van der Waals surface area contributed by atoms with E-state index in [1.807, 2.05) is 25.1 Å². The van der Waals surface area contributed by atoms with Crippen molar-refractivity contribution in [3.8, 4) is 11.5 Å². The van der Waals surface area contributed by atoms with Crippen LogP contribution in [0.15, 0.2) is 48.5 Å². The quantitative estimate of drug-likeness (QED) is 0.834. The Morgan fingerprint density at radius 1 is 1.13 bits per heavy atom. The zero-order valence-electron chi connectivity index (χ0n) is 13.5. The van der Waals surface area contributed by atoms with Crippen LogP contribution in [0.5, 0.6) is 11.5 Å². The fourth-order valence-electron chi connectivity index (χ4n) is 2.02. The Balaban J connectivity index is 1.98. The molecule has 0 radical (unpaired) electrons. The van der Waals surface area contributed by atoms with Crippen LogP contribution in [0.3, 0.4) is 0 Å². The number of hydrogen-bond acceptors (Lipinski definition) is 4. The molecule has 0 aliphatic rings. The van der Waals surface area contributed by atoms with Gasteiger partial charge < -0.3 is 14.8 Å². The lowest BCUT2D eigenvalue weighted by Crippen LogP contribution is -2.22. The zero-order chi connectivity index (χ0) is 16.7. The van der Waals surface area contributed by atoms with E-state index in [4.69, 9.17) is 9.47 Å². The fraction of sp³-hybridized carbons (Fsp3) is 0.278. The molecule has 2 rings (SSSR count). The molecule has 0 aromatic heterocycles. The average Bonchev–Trinajstić information content (AvgIpc) is 2.60. The van der Waals surface area contributed by atoms with Crippen molar-refractivity contribution < 1.29 is 14.3 Å². The van der Waals surface area contributed by atoms with E-state index in [2.05, 4.69) is 17.4 Å². The summed E-state index contributed by atoms with van der Waals surface area (Å²) in [5.74, 6) is 2.02. The molecule has 2 aromatic carbocycles. The fourth-order valence-corrected chi connectivity index (χ4v) is 2.86. The van der Waals surface area contributed by atoms with Gasteiger partial charge in [-0.05, 0) is 24.6 Å². The van der Waals surface area contributed by atoms with Crippen molar-refractivity contribution in [1.82, 2.24) is 0 Å². The summed E-state index contributed by atoms with van der Waals surface area (Å²) in [6.45, 7) is 1.90. The number of thioether (sulfide) groups is 1. The van der Waals surface area contributed by atoms with Gasteiger partial charge in [0.2, 0.25) is 5.91 Å². The van der Waals surface area contributed by atoms with E-state index in [0.29, 0.717) is 17.2 Å². The Hall–Kier alpha value is -2.14. The van der Waals surface area contributed by atoms with Gasteiger partial charge in [0, 0.05) is 11.8 Å². The highest BCUT2D eigenvalue weighted by molar-refractivity contribution is 7.99. The summed E-state index contributed by atoms with van der Waals surface area (Å²) < 4.78 is 10.5. The Bertz CT molecular complexity index is 646. The predicted molar refractivity (Wildman–Crippen MR) is 95.4 cm³/mol. The van der Waals surface area contributed by atoms with Gasteiger partial charge in [-0.2, -0.15) is 0 Å². The third-order valence-corrected chi connectivity index (χ3v) is 4.59. The van der Waals surface area contributed by atoms with Crippen LogP contribution in [0.4, 0.5) is 5.69 Å². The molecular weight excluding hydrogens is 310 g/mol. The summed E-state index contributed by atoms with van der Waals surface area (Å²) >= 11 is 1.60. The van der Waals surface area contributed by atoms with E-state index in [1.54, 1.807) is 44.2 Å². The average molecular weight is 331 g/mol. The largest absolute Gasteiger partial charge is 0.497 e. The molecule has 0 saturated carbocycles. The first-order chi connectivity index (χ1) is 11.1. The summed E-state index contributed by atoms with van der Waals surface area (Å²) in [5.41, 5.74) is 1.82. The second kappa shape index (κ2) is 8.48. The molecule has 2 aromatic rings. The van der Waals surface area contributed by atoms with E-state index in [1.165, 1.54) is 5.56 Å². The lowest BCUT2D eigenvalue weighted by molar-refractivity contribution is -0.115. The number of rotatable bonds is 7. The van der Waals surface area contributed by atoms with Crippen LogP contribution in [-0.2, 0) is 10.5 Å². The monoisotopic (exact) mass is 331 g/mol. The predicted octanol–water partition coefficient (Wildman–Crippen LogP) is 3.96. The van der Waals surface area contributed by atoms with Gasteiger partial charge in [0.25, 0.3) is 0 Å². The smallest absolute Gasteiger partial charge is 0.237 e.